The summed E-state index contributed by atoms with van der Waals surface area (Å²) >= 11 is 17.8. The Hall–Kier alpha value is -2.01. The molecular weight excluding hydrogens is 376 g/mol. The van der Waals surface area contributed by atoms with Crippen molar-refractivity contribution in [2.45, 2.75) is 0 Å². The third-order valence-corrected chi connectivity index (χ3v) is 4.33. The van der Waals surface area contributed by atoms with Gasteiger partial charge in [-0.15, -0.1) is 0 Å². The van der Waals surface area contributed by atoms with Crippen LogP contribution in [0.3, 0.4) is 0 Å². The third-order valence-electron chi connectivity index (χ3n) is 3.22. The molecule has 0 aliphatic rings. The van der Waals surface area contributed by atoms with Gasteiger partial charge in [0, 0.05) is 11.3 Å². The lowest BCUT2D eigenvalue weighted by molar-refractivity contribution is 0.0997. The molecule has 122 valence electrons. The first-order chi connectivity index (χ1) is 11.5. The first-order valence-electron chi connectivity index (χ1n) is 6.76. The minimum atomic E-state index is -0.564. The molecule has 0 aliphatic carbocycles. The summed E-state index contributed by atoms with van der Waals surface area (Å²) in [4.78, 5) is 12.2. The summed E-state index contributed by atoms with van der Waals surface area (Å²) in [6, 6.07) is 12.1. The maximum absolute atomic E-state index is 13.1. The molecule has 0 fully saturated rings. The van der Waals surface area contributed by atoms with E-state index in [0.29, 0.717) is 27.1 Å². The number of hydrogen-bond acceptors (Lipinski definition) is 2. The number of hydrogen-bond donors (Lipinski definition) is 1. The Morgan fingerprint density at radius 3 is 2.54 bits per heavy atom. The smallest absolute Gasteiger partial charge is 0.291 e. The van der Waals surface area contributed by atoms with E-state index < -0.39 is 11.7 Å². The van der Waals surface area contributed by atoms with Gasteiger partial charge in [0.1, 0.15) is 11.6 Å². The topological polar surface area (TPSA) is 42.2 Å². The summed E-state index contributed by atoms with van der Waals surface area (Å²) in [6.45, 7) is 0. The first-order valence-corrected chi connectivity index (χ1v) is 7.89. The van der Waals surface area contributed by atoms with E-state index in [-0.39, 0.29) is 10.8 Å². The Morgan fingerprint density at radius 1 is 1.00 bits per heavy atom. The van der Waals surface area contributed by atoms with E-state index in [1.165, 1.54) is 18.2 Å². The lowest BCUT2D eigenvalue weighted by atomic mass is 10.2. The van der Waals surface area contributed by atoms with E-state index in [9.17, 15) is 9.18 Å². The van der Waals surface area contributed by atoms with Crippen LogP contribution in [0, 0.1) is 5.82 Å². The molecule has 3 nitrogen and oxygen atoms in total. The van der Waals surface area contributed by atoms with Gasteiger partial charge in [0.05, 0.1) is 15.1 Å². The van der Waals surface area contributed by atoms with Crippen molar-refractivity contribution >= 4 is 46.4 Å². The minimum Gasteiger partial charge on any atom is -0.451 e. The van der Waals surface area contributed by atoms with Crippen LogP contribution < -0.4 is 5.32 Å². The third kappa shape index (κ3) is 3.41. The van der Waals surface area contributed by atoms with Crippen LogP contribution in [0.1, 0.15) is 10.6 Å². The molecule has 0 radical (unpaired) electrons. The molecule has 1 aromatic heterocycles. The van der Waals surface area contributed by atoms with Gasteiger partial charge < -0.3 is 9.73 Å². The van der Waals surface area contributed by atoms with Gasteiger partial charge in [0.15, 0.2) is 5.76 Å². The highest BCUT2D eigenvalue weighted by molar-refractivity contribution is 6.43. The molecule has 1 heterocycles. The van der Waals surface area contributed by atoms with Crippen molar-refractivity contribution in [3.8, 4) is 11.3 Å². The Morgan fingerprint density at radius 2 is 1.79 bits per heavy atom. The molecule has 0 spiro atoms. The fourth-order valence-electron chi connectivity index (χ4n) is 2.07. The van der Waals surface area contributed by atoms with Crippen LogP contribution in [-0.2, 0) is 0 Å². The Bertz CT molecular complexity index is 924. The molecule has 0 atom stereocenters. The molecule has 0 saturated heterocycles. The van der Waals surface area contributed by atoms with Crippen molar-refractivity contribution in [1.82, 2.24) is 0 Å². The van der Waals surface area contributed by atoms with Gasteiger partial charge in [0.25, 0.3) is 5.91 Å². The summed E-state index contributed by atoms with van der Waals surface area (Å²) in [5.74, 6) is -0.584. The SMILES string of the molecule is O=C(Nc1ccc(F)c(Cl)c1)c1ccc(-c2cccc(Cl)c2Cl)o1. The second kappa shape index (κ2) is 6.85. The zero-order valence-corrected chi connectivity index (χ0v) is 14.2. The number of carbonyl (C=O) groups is 1. The predicted molar refractivity (Wildman–Crippen MR) is 93.5 cm³/mol. The van der Waals surface area contributed by atoms with Crippen LogP contribution in [0.4, 0.5) is 10.1 Å². The minimum absolute atomic E-state index is 0.0708. The van der Waals surface area contributed by atoms with Crippen molar-refractivity contribution in [3.05, 3.63) is 75.2 Å². The van der Waals surface area contributed by atoms with E-state index in [4.69, 9.17) is 39.2 Å². The summed E-state index contributed by atoms with van der Waals surface area (Å²) in [5.41, 5.74) is 0.929. The predicted octanol–water partition coefficient (Wildman–Crippen LogP) is 6.30. The van der Waals surface area contributed by atoms with Crippen LogP contribution >= 0.6 is 34.8 Å². The molecule has 0 unspecified atom stereocenters. The average Bonchev–Trinajstić information content (AvgIpc) is 3.03. The van der Waals surface area contributed by atoms with Crippen LogP contribution in [0.2, 0.25) is 15.1 Å². The highest BCUT2D eigenvalue weighted by Gasteiger charge is 2.15. The maximum Gasteiger partial charge on any atom is 0.291 e. The number of nitrogens with one attached hydrogen (secondary N) is 1. The monoisotopic (exact) mass is 383 g/mol. The summed E-state index contributed by atoms with van der Waals surface area (Å²) in [7, 11) is 0. The normalized spacial score (nSPS) is 10.7. The average molecular weight is 385 g/mol. The Labute approximate surface area is 151 Å². The van der Waals surface area contributed by atoms with Gasteiger partial charge in [-0.25, -0.2) is 4.39 Å². The fourth-order valence-corrected chi connectivity index (χ4v) is 2.64. The Balaban J connectivity index is 1.83. The zero-order valence-electron chi connectivity index (χ0n) is 11.9. The molecule has 7 heteroatoms. The number of amides is 1. The molecule has 3 rings (SSSR count). The molecule has 3 aromatic rings. The van der Waals surface area contributed by atoms with Gasteiger partial charge in [-0.1, -0.05) is 40.9 Å². The van der Waals surface area contributed by atoms with Gasteiger partial charge in [0.2, 0.25) is 0 Å². The maximum atomic E-state index is 13.1. The van der Waals surface area contributed by atoms with E-state index in [0.717, 1.165) is 6.07 Å². The van der Waals surface area contributed by atoms with E-state index >= 15 is 0 Å². The van der Waals surface area contributed by atoms with Crippen LogP contribution in [0.25, 0.3) is 11.3 Å². The molecular formula is C17H9Cl3FNO2. The Kier molecular flexibility index (Phi) is 4.81. The lowest BCUT2D eigenvalue weighted by Gasteiger charge is -2.05. The van der Waals surface area contributed by atoms with Gasteiger partial charge >= 0.3 is 0 Å². The standard InChI is InChI=1S/C17H9Cl3FNO2/c18-11-3-1-2-10(16(11)20)14-6-7-15(24-14)17(23)22-9-4-5-13(21)12(19)8-9/h1-8H,(H,22,23). The molecule has 2 aromatic carbocycles. The van der Waals surface area contributed by atoms with Crippen LogP contribution in [0.5, 0.6) is 0 Å². The van der Waals surface area contributed by atoms with E-state index in [1.54, 1.807) is 24.3 Å². The molecule has 0 saturated carbocycles. The van der Waals surface area contributed by atoms with Crippen LogP contribution in [-0.4, -0.2) is 5.91 Å². The number of rotatable bonds is 3. The zero-order chi connectivity index (χ0) is 17.3. The van der Waals surface area contributed by atoms with E-state index in [2.05, 4.69) is 5.32 Å². The number of furan rings is 1. The molecule has 0 bridgehead atoms. The first kappa shape index (κ1) is 16.8. The molecule has 24 heavy (non-hydrogen) atoms. The van der Waals surface area contributed by atoms with Crippen molar-refractivity contribution < 1.29 is 13.6 Å². The molecule has 1 amide bonds. The molecule has 0 aliphatic heterocycles. The fraction of sp³-hybridized carbons (Fsp3) is 0. The van der Waals surface area contributed by atoms with Gasteiger partial charge in [-0.2, -0.15) is 0 Å². The van der Waals surface area contributed by atoms with Crippen LogP contribution in [0.15, 0.2) is 52.9 Å². The van der Waals surface area contributed by atoms with Gasteiger partial charge in [-0.3, -0.25) is 4.79 Å². The summed E-state index contributed by atoms with van der Waals surface area (Å²) < 4.78 is 18.7. The van der Waals surface area contributed by atoms with Crippen molar-refractivity contribution in [2.75, 3.05) is 5.32 Å². The number of carbonyl (C=O) groups excluding carboxylic acids is 1. The molecule has 1 N–H and O–H groups in total. The quantitative estimate of drug-likeness (QED) is 0.576. The summed E-state index contributed by atoms with van der Waals surface area (Å²) in [5, 5.41) is 3.21. The van der Waals surface area contributed by atoms with Crippen molar-refractivity contribution in [1.29, 1.82) is 0 Å². The highest BCUT2D eigenvalue weighted by atomic mass is 35.5. The highest BCUT2D eigenvalue weighted by Crippen LogP contribution is 2.34. The second-order valence-electron chi connectivity index (χ2n) is 4.85. The second-order valence-corrected chi connectivity index (χ2v) is 6.04. The van der Waals surface area contributed by atoms with E-state index in [1.807, 2.05) is 0 Å². The van der Waals surface area contributed by atoms with Gasteiger partial charge in [-0.05, 0) is 42.5 Å². The largest absolute Gasteiger partial charge is 0.451 e. The van der Waals surface area contributed by atoms with Crippen molar-refractivity contribution in [3.63, 3.8) is 0 Å². The number of halogens is 4. The lowest BCUT2D eigenvalue weighted by Crippen LogP contribution is -2.10. The summed E-state index contributed by atoms with van der Waals surface area (Å²) in [6.07, 6.45) is 0. The number of anilines is 1. The van der Waals surface area contributed by atoms with Crippen molar-refractivity contribution in [2.24, 2.45) is 0 Å². The number of benzene rings is 2.